The smallest absolute Gasteiger partial charge is 0.226 e. The Labute approximate surface area is 135 Å². The topological polar surface area (TPSA) is 55.1 Å². The Morgan fingerprint density at radius 2 is 2.00 bits per heavy atom. The van der Waals surface area contributed by atoms with Crippen LogP contribution in [0.15, 0.2) is 34.9 Å². The molecular weight excluding hydrogens is 295 g/mol. The highest BCUT2D eigenvalue weighted by molar-refractivity contribution is 5.76. The first kappa shape index (κ1) is 15.7. The summed E-state index contributed by atoms with van der Waals surface area (Å²) >= 11 is 0. The highest BCUT2D eigenvalue weighted by atomic mass is 19.1. The van der Waals surface area contributed by atoms with Crippen LogP contribution in [0.5, 0.6) is 0 Å². The summed E-state index contributed by atoms with van der Waals surface area (Å²) in [5.74, 6) is 0.870. The first-order chi connectivity index (χ1) is 11.2. The van der Waals surface area contributed by atoms with Gasteiger partial charge in [0.2, 0.25) is 11.8 Å². The molecule has 1 heterocycles. The molecule has 1 fully saturated rings. The van der Waals surface area contributed by atoms with Crippen LogP contribution in [0.2, 0.25) is 0 Å². The van der Waals surface area contributed by atoms with Gasteiger partial charge < -0.3 is 9.73 Å². The first-order valence-corrected chi connectivity index (χ1v) is 8.18. The van der Waals surface area contributed by atoms with E-state index in [0.717, 1.165) is 11.3 Å². The van der Waals surface area contributed by atoms with Crippen molar-refractivity contribution in [2.45, 2.75) is 38.5 Å². The van der Waals surface area contributed by atoms with Gasteiger partial charge in [-0.15, -0.1) is 0 Å². The lowest BCUT2D eigenvalue weighted by atomic mass is 10.0. The molecule has 1 aliphatic rings. The second-order valence-electron chi connectivity index (χ2n) is 6.11. The van der Waals surface area contributed by atoms with E-state index in [2.05, 4.69) is 10.3 Å². The summed E-state index contributed by atoms with van der Waals surface area (Å²) < 4.78 is 18.3. The highest BCUT2D eigenvalue weighted by Gasteiger charge is 2.18. The molecule has 5 heteroatoms. The number of hydrogen-bond acceptors (Lipinski definition) is 3. The molecule has 0 aliphatic heterocycles. The summed E-state index contributed by atoms with van der Waals surface area (Å²) in [6.07, 6.45) is 7.71. The van der Waals surface area contributed by atoms with Gasteiger partial charge in [-0.25, -0.2) is 9.37 Å². The number of nitrogens with zero attached hydrogens (tertiary/aromatic N) is 1. The molecule has 0 saturated heterocycles. The minimum atomic E-state index is -0.287. The number of halogens is 1. The number of rotatable bonds is 6. The Kier molecular flexibility index (Phi) is 5.05. The third-order valence-corrected chi connectivity index (χ3v) is 4.30. The summed E-state index contributed by atoms with van der Waals surface area (Å²) in [7, 11) is 0. The van der Waals surface area contributed by atoms with Gasteiger partial charge in [0.1, 0.15) is 12.1 Å². The molecule has 1 saturated carbocycles. The van der Waals surface area contributed by atoms with Gasteiger partial charge in [0.25, 0.3) is 0 Å². The van der Waals surface area contributed by atoms with E-state index in [1.807, 2.05) is 0 Å². The number of carbonyl (C=O) groups excluding carboxylic acids is 1. The van der Waals surface area contributed by atoms with Crippen LogP contribution in [0.1, 0.15) is 37.8 Å². The second-order valence-corrected chi connectivity index (χ2v) is 6.11. The Balaban J connectivity index is 1.45. The van der Waals surface area contributed by atoms with E-state index in [4.69, 9.17) is 4.42 Å². The van der Waals surface area contributed by atoms with E-state index in [-0.39, 0.29) is 11.7 Å². The SMILES string of the molecule is O=C(CC1CCCC1)NCCc1coc(-c2ccc(F)cc2)n1. The molecule has 1 aromatic carbocycles. The maximum atomic E-state index is 12.9. The molecule has 0 unspecified atom stereocenters. The predicted octanol–water partition coefficient (Wildman–Crippen LogP) is 3.72. The van der Waals surface area contributed by atoms with Crippen LogP contribution in [0.4, 0.5) is 4.39 Å². The third-order valence-electron chi connectivity index (χ3n) is 4.30. The van der Waals surface area contributed by atoms with Gasteiger partial charge in [-0.05, 0) is 43.0 Å². The Hall–Kier alpha value is -2.17. The Morgan fingerprint density at radius 1 is 1.26 bits per heavy atom. The number of aromatic nitrogens is 1. The number of hydrogen-bond donors (Lipinski definition) is 1. The predicted molar refractivity (Wildman–Crippen MR) is 85.2 cm³/mol. The van der Waals surface area contributed by atoms with Crippen molar-refractivity contribution in [3.8, 4) is 11.5 Å². The molecule has 0 bridgehead atoms. The summed E-state index contributed by atoms with van der Waals surface area (Å²) in [6, 6.07) is 6.02. The summed E-state index contributed by atoms with van der Waals surface area (Å²) in [5.41, 5.74) is 1.52. The minimum absolute atomic E-state index is 0.124. The fraction of sp³-hybridized carbons (Fsp3) is 0.444. The normalized spacial score (nSPS) is 15.0. The van der Waals surface area contributed by atoms with Gasteiger partial charge in [-0.1, -0.05) is 12.8 Å². The van der Waals surface area contributed by atoms with Crippen LogP contribution in [0, 0.1) is 11.7 Å². The van der Waals surface area contributed by atoms with Crippen molar-refractivity contribution in [3.05, 3.63) is 42.0 Å². The van der Waals surface area contributed by atoms with Gasteiger partial charge in [0, 0.05) is 24.9 Å². The molecule has 1 aliphatic carbocycles. The van der Waals surface area contributed by atoms with E-state index < -0.39 is 0 Å². The van der Waals surface area contributed by atoms with Crippen molar-refractivity contribution in [2.24, 2.45) is 5.92 Å². The van der Waals surface area contributed by atoms with Gasteiger partial charge >= 0.3 is 0 Å². The van der Waals surface area contributed by atoms with E-state index in [1.54, 1.807) is 18.4 Å². The highest BCUT2D eigenvalue weighted by Crippen LogP contribution is 2.27. The number of nitrogens with one attached hydrogen (secondary N) is 1. The maximum Gasteiger partial charge on any atom is 0.226 e. The standard InChI is InChI=1S/C18H21FN2O2/c19-15-7-5-14(6-8-15)18-21-16(12-23-18)9-10-20-17(22)11-13-3-1-2-4-13/h5-8,12-13H,1-4,9-11H2,(H,20,22). The number of amides is 1. The zero-order valence-corrected chi connectivity index (χ0v) is 13.1. The summed E-state index contributed by atoms with van der Waals surface area (Å²) in [5, 5.41) is 2.94. The van der Waals surface area contributed by atoms with Crippen LogP contribution < -0.4 is 5.32 Å². The first-order valence-electron chi connectivity index (χ1n) is 8.18. The molecule has 4 nitrogen and oxygen atoms in total. The molecule has 0 spiro atoms. The van der Waals surface area contributed by atoms with Gasteiger partial charge in [0.15, 0.2) is 0 Å². The molecule has 122 valence electrons. The van der Waals surface area contributed by atoms with Crippen molar-refractivity contribution in [1.82, 2.24) is 10.3 Å². The van der Waals surface area contributed by atoms with Crippen LogP contribution in [-0.4, -0.2) is 17.4 Å². The lowest BCUT2D eigenvalue weighted by molar-refractivity contribution is -0.121. The van der Waals surface area contributed by atoms with Gasteiger partial charge in [0.05, 0.1) is 5.69 Å². The quantitative estimate of drug-likeness (QED) is 0.883. The number of carbonyl (C=O) groups is 1. The fourth-order valence-corrected chi connectivity index (χ4v) is 3.03. The van der Waals surface area contributed by atoms with E-state index in [0.29, 0.717) is 31.2 Å². The molecule has 0 atom stereocenters. The number of benzene rings is 1. The molecule has 3 rings (SSSR count). The van der Waals surface area contributed by atoms with Crippen LogP contribution in [0.3, 0.4) is 0 Å². The van der Waals surface area contributed by atoms with Crippen LogP contribution in [0.25, 0.3) is 11.5 Å². The lowest BCUT2D eigenvalue weighted by Crippen LogP contribution is -2.27. The maximum absolute atomic E-state index is 12.9. The third kappa shape index (κ3) is 4.41. The van der Waals surface area contributed by atoms with E-state index in [9.17, 15) is 9.18 Å². The Bertz CT molecular complexity index is 645. The molecule has 0 radical (unpaired) electrons. The van der Waals surface area contributed by atoms with Crippen LogP contribution in [-0.2, 0) is 11.2 Å². The van der Waals surface area contributed by atoms with E-state index in [1.165, 1.54) is 37.8 Å². The van der Waals surface area contributed by atoms with Crippen molar-refractivity contribution < 1.29 is 13.6 Å². The fourth-order valence-electron chi connectivity index (χ4n) is 3.03. The summed E-state index contributed by atoms with van der Waals surface area (Å²) in [6.45, 7) is 0.556. The van der Waals surface area contributed by atoms with Crippen molar-refractivity contribution in [2.75, 3.05) is 6.54 Å². The molecule has 1 N–H and O–H groups in total. The molecule has 1 aromatic heterocycles. The molecule has 23 heavy (non-hydrogen) atoms. The lowest BCUT2D eigenvalue weighted by Gasteiger charge is -2.08. The Morgan fingerprint density at radius 3 is 2.74 bits per heavy atom. The van der Waals surface area contributed by atoms with Gasteiger partial charge in [-0.3, -0.25) is 4.79 Å². The second kappa shape index (κ2) is 7.40. The molecule has 2 aromatic rings. The number of oxazole rings is 1. The zero-order valence-electron chi connectivity index (χ0n) is 13.1. The van der Waals surface area contributed by atoms with Crippen molar-refractivity contribution in [1.29, 1.82) is 0 Å². The minimum Gasteiger partial charge on any atom is -0.444 e. The van der Waals surface area contributed by atoms with Crippen molar-refractivity contribution in [3.63, 3.8) is 0 Å². The van der Waals surface area contributed by atoms with Gasteiger partial charge in [-0.2, -0.15) is 0 Å². The molecular formula is C18H21FN2O2. The van der Waals surface area contributed by atoms with Crippen LogP contribution >= 0.6 is 0 Å². The zero-order chi connectivity index (χ0) is 16.1. The average Bonchev–Trinajstić information content (AvgIpc) is 3.20. The van der Waals surface area contributed by atoms with E-state index >= 15 is 0 Å². The monoisotopic (exact) mass is 316 g/mol. The van der Waals surface area contributed by atoms with Crippen molar-refractivity contribution >= 4 is 5.91 Å². The summed E-state index contributed by atoms with van der Waals surface area (Å²) in [4.78, 5) is 16.2. The average molecular weight is 316 g/mol. The molecule has 1 amide bonds. The largest absolute Gasteiger partial charge is 0.444 e.